The number of methoxy groups -OCH3 is 1. The number of nitrogens with zero attached hydrogens (tertiary/aromatic N) is 3. The topological polar surface area (TPSA) is 51.6 Å². The molecule has 1 aromatic carbocycles. The molecule has 0 bridgehead atoms. The fourth-order valence-corrected chi connectivity index (χ4v) is 5.67. The molecule has 2 atom stereocenters. The second kappa shape index (κ2) is 10.3. The SMILES string of the molecule is COCCOc1ccc(N2C(=S)N[C@@H](c3ccccn3)[C@H]2c2cccn2C2CCCC2)cc1Cl. The number of anilines is 1. The Morgan fingerprint density at radius 1 is 1.12 bits per heavy atom. The number of aromatic nitrogens is 2. The van der Waals surface area contributed by atoms with E-state index in [2.05, 4.69) is 44.2 Å². The average Bonchev–Trinajstić information content (AvgIpc) is 3.60. The summed E-state index contributed by atoms with van der Waals surface area (Å²) in [6.45, 7) is 0.947. The maximum absolute atomic E-state index is 6.62. The molecule has 5 rings (SSSR count). The Kier molecular flexibility index (Phi) is 7.04. The Morgan fingerprint density at radius 2 is 1.97 bits per heavy atom. The number of nitrogens with one attached hydrogen (secondary N) is 1. The van der Waals surface area contributed by atoms with Crippen LogP contribution in [0.3, 0.4) is 0 Å². The first-order chi connectivity index (χ1) is 16.7. The molecule has 0 radical (unpaired) electrons. The van der Waals surface area contributed by atoms with E-state index in [9.17, 15) is 0 Å². The second-order valence-electron chi connectivity index (χ2n) is 8.73. The first-order valence-electron chi connectivity index (χ1n) is 11.8. The van der Waals surface area contributed by atoms with Crippen molar-refractivity contribution < 1.29 is 9.47 Å². The summed E-state index contributed by atoms with van der Waals surface area (Å²) in [4.78, 5) is 6.84. The maximum atomic E-state index is 6.62. The second-order valence-corrected chi connectivity index (χ2v) is 9.53. The monoisotopic (exact) mass is 496 g/mol. The summed E-state index contributed by atoms with van der Waals surface area (Å²) >= 11 is 12.5. The van der Waals surface area contributed by atoms with Crippen LogP contribution in [-0.2, 0) is 4.74 Å². The van der Waals surface area contributed by atoms with Gasteiger partial charge < -0.3 is 24.3 Å². The molecular formula is C26H29ClN4O2S. The highest BCUT2D eigenvalue weighted by Gasteiger charge is 2.42. The van der Waals surface area contributed by atoms with Gasteiger partial charge in [0.15, 0.2) is 5.11 Å². The van der Waals surface area contributed by atoms with E-state index in [-0.39, 0.29) is 12.1 Å². The van der Waals surface area contributed by atoms with Crippen molar-refractivity contribution in [1.29, 1.82) is 0 Å². The summed E-state index contributed by atoms with van der Waals surface area (Å²) < 4.78 is 13.3. The molecule has 1 saturated heterocycles. The molecular weight excluding hydrogens is 468 g/mol. The van der Waals surface area contributed by atoms with E-state index >= 15 is 0 Å². The van der Waals surface area contributed by atoms with E-state index in [0.29, 0.717) is 35.1 Å². The standard InChI is InChI=1S/C26H29ClN4O2S/c1-32-15-16-33-23-12-11-19(17-20(23)27)31-25(22-10-6-14-30(22)18-7-2-3-8-18)24(29-26(31)34)21-9-4-5-13-28-21/h4-6,9-14,17-18,24-25H,2-3,7-8,15-16H2,1H3,(H,29,34)/t24-,25+/m0/s1. The summed E-state index contributed by atoms with van der Waals surface area (Å²) in [5, 5.41) is 4.74. The van der Waals surface area contributed by atoms with Crippen LogP contribution < -0.4 is 15.0 Å². The van der Waals surface area contributed by atoms with Crippen LogP contribution >= 0.6 is 23.8 Å². The van der Waals surface area contributed by atoms with Crippen LogP contribution in [0.25, 0.3) is 0 Å². The van der Waals surface area contributed by atoms with Crippen molar-refractivity contribution in [2.75, 3.05) is 25.2 Å². The summed E-state index contributed by atoms with van der Waals surface area (Å²) in [5.74, 6) is 0.632. The van der Waals surface area contributed by atoms with E-state index in [1.54, 1.807) is 7.11 Å². The van der Waals surface area contributed by atoms with Gasteiger partial charge in [0.05, 0.1) is 23.4 Å². The first-order valence-corrected chi connectivity index (χ1v) is 12.5. The van der Waals surface area contributed by atoms with Gasteiger partial charge in [-0.25, -0.2) is 0 Å². The van der Waals surface area contributed by atoms with Gasteiger partial charge in [-0.05, 0) is 67.5 Å². The largest absolute Gasteiger partial charge is 0.490 e. The van der Waals surface area contributed by atoms with Gasteiger partial charge in [0, 0.05) is 36.9 Å². The van der Waals surface area contributed by atoms with Gasteiger partial charge in [-0.2, -0.15) is 0 Å². The lowest BCUT2D eigenvalue weighted by Gasteiger charge is -2.30. The van der Waals surface area contributed by atoms with Gasteiger partial charge in [0.1, 0.15) is 18.4 Å². The molecule has 0 spiro atoms. The summed E-state index contributed by atoms with van der Waals surface area (Å²) in [7, 11) is 1.65. The number of pyridine rings is 1. The number of ether oxygens (including phenoxy) is 2. The van der Waals surface area contributed by atoms with Crippen LogP contribution in [0.15, 0.2) is 60.9 Å². The third-order valence-electron chi connectivity index (χ3n) is 6.67. The van der Waals surface area contributed by atoms with E-state index in [4.69, 9.17) is 33.3 Å². The van der Waals surface area contributed by atoms with Crippen LogP contribution in [0.4, 0.5) is 5.69 Å². The number of thiocarbonyl (C=S) groups is 1. The highest BCUT2D eigenvalue weighted by molar-refractivity contribution is 7.80. The number of hydrogen-bond donors (Lipinski definition) is 1. The van der Waals surface area contributed by atoms with Crippen molar-refractivity contribution in [2.24, 2.45) is 0 Å². The Labute approximate surface area is 210 Å². The molecule has 6 nitrogen and oxygen atoms in total. The van der Waals surface area contributed by atoms with Gasteiger partial charge in [-0.3, -0.25) is 4.98 Å². The zero-order valence-corrected chi connectivity index (χ0v) is 20.8. The molecule has 8 heteroatoms. The number of halogens is 1. The minimum Gasteiger partial charge on any atom is -0.490 e. The van der Waals surface area contributed by atoms with Crippen molar-refractivity contribution in [1.82, 2.24) is 14.9 Å². The molecule has 1 N–H and O–H groups in total. The van der Waals surface area contributed by atoms with Crippen molar-refractivity contribution in [3.05, 3.63) is 77.3 Å². The fourth-order valence-electron chi connectivity index (χ4n) is 5.10. The number of rotatable bonds is 8. The molecule has 1 aliphatic carbocycles. The van der Waals surface area contributed by atoms with E-state index < -0.39 is 0 Å². The van der Waals surface area contributed by atoms with E-state index in [1.165, 1.54) is 31.4 Å². The van der Waals surface area contributed by atoms with Gasteiger partial charge in [0.25, 0.3) is 0 Å². The first kappa shape index (κ1) is 23.1. The summed E-state index contributed by atoms with van der Waals surface area (Å²) in [5.41, 5.74) is 3.11. The van der Waals surface area contributed by atoms with Gasteiger partial charge in [0.2, 0.25) is 0 Å². The summed E-state index contributed by atoms with van der Waals surface area (Å²) in [6, 6.07) is 16.6. The smallest absolute Gasteiger partial charge is 0.174 e. The van der Waals surface area contributed by atoms with Gasteiger partial charge in [-0.1, -0.05) is 30.5 Å². The molecule has 1 aliphatic heterocycles. The molecule has 3 heterocycles. The van der Waals surface area contributed by atoms with E-state index in [0.717, 1.165) is 11.4 Å². The lowest BCUT2D eigenvalue weighted by Crippen LogP contribution is -2.30. The molecule has 1 saturated carbocycles. The lowest BCUT2D eigenvalue weighted by atomic mass is 10.00. The zero-order valence-electron chi connectivity index (χ0n) is 19.2. The minimum atomic E-state index is -0.0832. The lowest BCUT2D eigenvalue weighted by molar-refractivity contribution is 0.146. The van der Waals surface area contributed by atoms with Crippen molar-refractivity contribution in [2.45, 2.75) is 43.8 Å². The Bertz CT molecular complexity index is 1130. The molecule has 3 aromatic rings. The van der Waals surface area contributed by atoms with Crippen LogP contribution in [-0.4, -0.2) is 35.0 Å². The van der Waals surface area contributed by atoms with Crippen LogP contribution in [0.2, 0.25) is 5.02 Å². The number of hydrogen-bond acceptors (Lipinski definition) is 4. The van der Waals surface area contributed by atoms with Crippen LogP contribution in [0.1, 0.15) is 55.2 Å². The Morgan fingerprint density at radius 3 is 2.71 bits per heavy atom. The molecule has 2 aromatic heterocycles. The minimum absolute atomic E-state index is 0.0608. The maximum Gasteiger partial charge on any atom is 0.174 e. The molecule has 2 aliphatic rings. The molecule has 2 fully saturated rings. The zero-order chi connectivity index (χ0) is 23.5. The van der Waals surface area contributed by atoms with Crippen molar-refractivity contribution >= 4 is 34.6 Å². The van der Waals surface area contributed by atoms with Gasteiger partial charge in [-0.15, -0.1) is 0 Å². The van der Waals surface area contributed by atoms with Crippen molar-refractivity contribution in [3.63, 3.8) is 0 Å². The van der Waals surface area contributed by atoms with Gasteiger partial charge >= 0.3 is 0 Å². The predicted molar refractivity (Wildman–Crippen MR) is 139 cm³/mol. The Balaban J connectivity index is 1.54. The fraction of sp³-hybridized carbons (Fsp3) is 0.385. The highest BCUT2D eigenvalue weighted by atomic mass is 35.5. The highest BCUT2D eigenvalue weighted by Crippen LogP contribution is 2.44. The number of benzene rings is 1. The molecule has 0 unspecified atom stereocenters. The third kappa shape index (κ3) is 4.52. The third-order valence-corrected chi connectivity index (χ3v) is 7.28. The van der Waals surface area contributed by atoms with Crippen molar-refractivity contribution in [3.8, 4) is 5.75 Å². The van der Waals surface area contributed by atoms with E-state index in [1.807, 2.05) is 36.5 Å². The molecule has 0 amide bonds. The quantitative estimate of drug-likeness (QED) is 0.311. The predicted octanol–water partition coefficient (Wildman–Crippen LogP) is 5.85. The van der Waals surface area contributed by atoms with Crippen LogP contribution in [0, 0.1) is 0 Å². The molecule has 178 valence electrons. The molecule has 34 heavy (non-hydrogen) atoms. The average molecular weight is 497 g/mol. The summed E-state index contributed by atoms with van der Waals surface area (Å²) in [6.07, 6.45) is 9.01. The van der Waals surface area contributed by atoms with Crippen LogP contribution in [0.5, 0.6) is 5.75 Å². The normalized spacial score (nSPS) is 20.6. The Hall–Kier alpha value is -2.61.